The van der Waals surface area contributed by atoms with Gasteiger partial charge in [0.1, 0.15) is 0 Å². The van der Waals surface area contributed by atoms with E-state index in [1.54, 1.807) is 0 Å². The lowest BCUT2D eigenvalue weighted by atomic mass is 10.1. The average molecular weight is 235 g/mol. The van der Waals surface area contributed by atoms with E-state index in [0.29, 0.717) is 0 Å². The van der Waals surface area contributed by atoms with Crippen LogP contribution in [0.1, 0.15) is 24.8 Å². The van der Waals surface area contributed by atoms with Crippen LogP contribution in [-0.2, 0) is 11.2 Å². The molecule has 0 atom stereocenters. The maximum absolute atomic E-state index is 10.3. The summed E-state index contributed by atoms with van der Waals surface area (Å²) in [4.78, 5) is 12.6. The molecule has 0 radical (unpaired) electrons. The highest BCUT2D eigenvalue weighted by Crippen LogP contribution is 2.02. The van der Waals surface area contributed by atoms with Gasteiger partial charge in [-0.3, -0.25) is 4.79 Å². The van der Waals surface area contributed by atoms with Crippen LogP contribution >= 0.6 is 0 Å². The minimum atomic E-state index is -0.697. The Hall–Kier alpha value is -1.35. The largest absolute Gasteiger partial charge is 0.481 e. The lowest BCUT2D eigenvalue weighted by Crippen LogP contribution is -2.22. The van der Waals surface area contributed by atoms with Crippen LogP contribution in [0.25, 0.3) is 0 Å². The molecule has 0 aliphatic carbocycles. The summed E-state index contributed by atoms with van der Waals surface area (Å²) < 4.78 is 0. The van der Waals surface area contributed by atoms with E-state index in [-0.39, 0.29) is 6.42 Å². The first kappa shape index (κ1) is 13.7. The van der Waals surface area contributed by atoms with Crippen molar-refractivity contribution in [2.24, 2.45) is 0 Å². The number of carbonyl (C=O) groups is 1. The van der Waals surface area contributed by atoms with E-state index in [2.05, 4.69) is 36.2 Å². The Morgan fingerprint density at radius 1 is 1.18 bits per heavy atom. The first-order valence-corrected chi connectivity index (χ1v) is 6.13. The molecule has 94 valence electrons. The Bertz CT molecular complexity index is 324. The van der Waals surface area contributed by atoms with Crippen molar-refractivity contribution in [3.8, 4) is 0 Å². The molecular weight excluding hydrogens is 214 g/mol. The summed E-state index contributed by atoms with van der Waals surface area (Å²) in [5.41, 5.74) is 1.35. The third-order valence-corrected chi connectivity index (χ3v) is 2.81. The van der Waals surface area contributed by atoms with Crippen molar-refractivity contribution in [2.45, 2.75) is 25.7 Å². The molecule has 1 rings (SSSR count). The number of likely N-dealkylation sites (N-methyl/N-ethyl adjacent to an activating group) is 1. The number of aliphatic carboxylic acids is 1. The molecule has 0 aliphatic rings. The van der Waals surface area contributed by atoms with Gasteiger partial charge >= 0.3 is 5.97 Å². The molecule has 0 unspecified atom stereocenters. The zero-order valence-corrected chi connectivity index (χ0v) is 10.4. The molecule has 0 amide bonds. The molecule has 1 N–H and O–H groups in total. The first-order valence-electron chi connectivity index (χ1n) is 6.13. The number of hydrogen-bond acceptors (Lipinski definition) is 2. The second-order valence-electron chi connectivity index (χ2n) is 4.39. The number of hydrogen-bond donors (Lipinski definition) is 1. The quantitative estimate of drug-likeness (QED) is 0.703. The Labute approximate surface area is 103 Å². The van der Waals surface area contributed by atoms with Crippen molar-refractivity contribution < 1.29 is 9.90 Å². The summed E-state index contributed by atoms with van der Waals surface area (Å²) in [7, 11) is 2.09. The van der Waals surface area contributed by atoms with E-state index < -0.39 is 5.97 Å². The normalized spacial score (nSPS) is 10.7. The number of rotatable bonds is 8. The lowest BCUT2D eigenvalue weighted by Gasteiger charge is -2.16. The van der Waals surface area contributed by atoms with Crippen LogP contribution in [0.4, 0.5) is 0 Å². The Morgan fingerprint density at radius 3 is 2.53 bits per heavy atom. The van der Waals surface area contributed by atoms with Crippen LogP contribution in [0.3, 0.4) is 0 Å². The van der Waals surface area contributed by atoms with Gasteiger partial charge in [0.15, 0.2) is 0 Å². The summed E-state index contributed by atoms with van der Waals surface area (Å²) in [5.74, 6) is -0.697. The van der Waals surface area contributed by atoms with Crippen LogP contribution in [0.5, 0.6) is 0 Å². The zero-order chi connectivity index (χ0) is 12.5. The molecule has 0 saturated carbocycles. The molecule has 1 aromatic carbocycles. The van der Waals surface area contributed by atoms with Crippen LogP contribution in [0.2, 0.25) is 0 Å². The van der Waals surface area contributed by atoms with E-state index in [1.165, 1.54) is 5.56 Å². The number of unbranched alkanes of at least 4 members (excludes halogenated alkanes) is 1. The fourth-order valence-electron chi connectivity index (χ4n) is 1.73. The van der Waals surface area contributed by atoms with Gasteiger partial charge in [-0.05, 0) is 38.4 Å². The maximum Gasteiger partial charge on any atom is 0.303 e. The standard InChI is InChI=1S/C14H21NO2/c1-15(11-6-5-9-14(16)17)12-10-13-7-3-2-4-8-13/h2-4,7-8H,5-6,9-12H2,1H3,(H,16,17). The molecular formula is C14H21NO2. The monoisotopic (exact) mass is 235 g/mol. The van der Waals surface area contributed by atoms with Crippen molar-refractivity contribution in [3.63, 3.8) is 0 Å². The summed E-state index contributed by atoms with van der Waals surface area (Å²) >= 11 is 0. The molecule has 3 nitrogen and oxygen atoms in total. The topological polar surface area (TPSA) is 40.5 Å². The molecule has 0 fully saturated rings. The van der Waals surface area contributed by atoms with Crippen molar-refractivity contribution in [3.05, 3.63) is 35.9 Å². The SMILES string of the molecule is CN(CCCCC(=O)O)CCc1ccccc1. The third kappa shape index (κ3) is 6.74. The van der Waals surface area contributed by atoms with Crippen molar-refractivity contribution >= 4 is 5.97 Å². The lowest BCUT2D eigenvalue weighted by molar-refractivity contribution is -0.137. The van der Waals surface area contributed by atoms with Gasteiger partial charge in [0.05, 0.1) is 0 Å². The number of nitrogens with zero attached hydrogens (tertiary/aromatic N) is 1. The fraction of sp³-hybridized carbons (Fsp3) is 0.500. The molecule has 0 aromatic heterocycles. The molecule has 0 saturated heterocycles. The first-order chi connectivity index (χ1) is 8.18. The molecule has 1 aromatic rings. The molecule has 3 heteroatoms. The van der Waals surface area contributed by atoms with Crippen LogP contribution in [0.15, 0.2) is 30.3 Å². The van der Waals surface area contributed by atoms with E-state index in [0.717, 1.165) is 32.4 Å². The summed E-state index contributed by atoms with van der Waals surface area (Å²) in [5, 5.41) is 8.52. The molecule has 0 aliphatic heterocycles. The van der Waals surface area contributed by atoms with Crippen molar-refractivity contribution in [1.82, 2.24) is 4.90 Å². The van der Waals surface area contributed by atoms with Crippen molar-refractivity contribution in [1.29, 1.82) is 0 Å². The number of carboxylic acid groups (broad SMARTS) is 1. The predicted molar refractivity (Wildman–Crippen MR) is 69.1 cm³/mol. The minimum absolute atomic E-state index is 0.284. The van der Waals surface area contributed by atoms with Gasteiger partial charge in [-0.1, -0.05) is 30.3 Å². The van der Waals surface area contributed by atoms with Crippen LogP contribution in [-0.4, -0.2) is 36.1 Å². The zero-order valence-electron chi connectivity index (χ0n) is 10.4. The molecule has 0 spiro atoms. The van der Waals surface area contributed by atoms with Gasteiger partial charge in [0, 0.05) is 13.0 Å². The Kier molecular flexibility index (Phi) is 6.33. The fourth-order valence-corrected chi connectivity index (χ4v) is 1.73. The average Bonchev–Trinajstić information content (AvgIpc) is 2.33. The number of carboxylic acids is 1. The number of benzene rings is 1. The summed E-state index contributed by atoms with van der Waals surface area (Å²) in [6.45, 7) is 2.00. The minimum Gasteiger partial charge on any atom is -0.481 e. The maximum atomic E-state index is 10.3. The van der Waals surface area contributed by atoms with Gasteiger partial charge in [-0.2, -0.15) is 0 Å². The highest BCUT2D eigenvalue weighted by Gasteiger charge is 2.01. The highest BCUT2D eigenvalue weighted by molar-refractivity contribution is 5.66. The van der Waals surface area contributed by atoms with E-state index in [4.69, 9.17) is 5.11 Å². The van der Waals surface area contributed by atoms with Gasteiger partial charge < -0.3 is 10.0 Å². The highest BCUT2D eigenvalue weighted by atomic mass is 16.4. The summed E-state index contributed by atoms with van der Waals surface area (Å²) in [6.07, 6.45) is 3.06. The van der Waals surface area contributed by atoms with Gasteiger partial charge in [0.25, 0.3) is 0 Å². The van der Waals surface area contributed by atoms with E-state index >= 15 is 0 Å². The van der Waals surface area contributed by atoms with E-state index in [1.807, 2.05) is 6.07 Å². The third-order valence-electron chi connectivity index (χ3n) is 2.81. The predicted octanol–water partition coefficient (Wildman–Crippen LogP) is 2.42. The Morgan fingerprint density at radius 2 is 1.88 bits per heavy atom. The van der Waals surface area contributed by atoms with Crippen molar-refractivity contribution in [2.75, 3.05) is 20.1 Å². The van der Waals surface area contributed by atoms with Crippen LogP contribution < -0.4 is 0 Å². The van der Waals surface area contributed by atoms with Gasteiger partial charge in [-0.25, -0.2) is 0 Å². The van der Waals surface area contributed by atoms with Gasteiger partial charge in [-0.15, -0.1) is 0 Å². The molecule has 0 heterocycles. The van der Waals surface area contributed by atoms with Crippen LogP contribution in [0, 0.1) is 0 Å². The van der Waals surface area contributed by atoms with Gasteiger partial charge in [0.2, 0.25) is 0 Å². The smallest absolute Gasteiger partial charge is 0.303 e. The van der Waals surface area contributed by atoms with E-state index in [9.17, 15) is 4.79 Å². The molecule has 17 heavy (non-hydrogen) atoms. The Balaban J connectivity index is 2.09. The second kappa shape index (κ2) is 7.85. The second-order valence-corrected chi connectivity index (χ2v) is 4.39. The molecule has 0 bridgehead atoms. The summed E-state index contributed by atoms with van der Waals surface area (Å²) in [6, 6.07) is 10.4.